The lowest BCUT2D eigenvalue weighted by Crippen LogP contribution is -2.46. The van der Waals surface area contributed by atoms with Gasteiger partial charge in [0.05, 0.1) is 12.1 Å². The summed E-state index contributed by atoms with van der Waals surface area (Å²) in [5.74, 6) is -0.0680. The van der Waals surface area contributed by atoms with Crippen molar-refractivity contribution in [2.45, 2.75) is 38.6 Å². The molecule has 24 heavy (non-hydrogen) atoms. The van der Waals surface area contributed by atoms with Crippen LogP contribution in [0.5, 0.6) is 0 Å². The maximum atomic E-state index is 12.5. The Morgan fingerprint density at radius 3 is 2.54 bits per heavy atom. The molecule has 1 aromatic heterocycles. The SMILES string of the molecule is CC(=O)N1CC2(CCN(C(=O)c3ccncn3)CC2)C[C@@]1(C)CO. The van der Waals surface area contributed by atoms with E-state index in [0.717, 1.165) is 19.3 Å². The molecule has 1 spiro atoms. The van der Waals surface area contributed by atoms with Crippen molar-refractivity contribution in [1.82, 2.24) is 19.8 Å². The van der Waals surface area contributed by atoms with Crippen LogP contribution in [0.1, 0.15) is 43.6 Å². The Bertz CT molecular complexity index is 628. The molecule has 0 radical (unpaired) electrons. The number of aliphatic hydroxyl groups is 1. The molecule has 2 fully saturated rings. The monoisotopic (exact) mass is 332 g/mol. The highest BCUT2D eigenvalue weighted by atomic mass is 16.3. The van der Waals surface area contributed by atoms with E-state index < -0.39 is 5.54 Å². The van der Waals surface area contributed by atoms with Crippen LogP contribution in [0.15, 0.2) is 18.6 Å². The Balaban J connectivity index is 1.69. The molecule has 0 aliphatic carbocycles. The van der Waals surface area contributed by atoms with Gasteiger partial charge in [0.15, 0.2) is 0 Å². The van der Waals surface area contributed by atoms with Gasteiger partial charge in [-0.2, -0.15) is 0 Å². The Labute approximate surface area is 141 Å². The number of carbonyl (C=O) groups excluding carboxylic acids is 2. The van der Waals surface area contributed by atoms with Crippen LogP contribution in [-0.4, -0.2) is 68.5 Å². The smallest absolute Gasteiger partial charge is 0.272 e. The van der Waals surface area contributed by atoms with Gasteiger partial charge in [-0.15, -0.1) is 0 Å². The number of rotatable bonds is 2. The predicted octanol–water partition coefficient (Wildman–Crippen LogP) is 0.702. The van der Waals surface area contributed by atoms with E-state index in [4.69, 9.17) is 0 Å². The molecule has 3 heterocycles. The number of hydrogen-bond donors (Lipinski definition) is 1. The van der Waals surface area contributed by atoms with Crippen LogP contribution in [0, 0.1) is 5.41 Å². The molecular formula is C17H24N4O3. The summed E-state index contributed by atoms with van der Waals surface area (Å²) in [6.45, 7) is 5.43. The summed E-state index contributed by atoms with van der Waals surface area (Å²) in [6.07, 6.45) is 5.41. The average Bonchev–Trinajstić information content (AvgIpc) is 2.89. The van der Waals surface area contributed by atoms with Crippen LogP contribution < -0.4 is 0 Å². The normalized spacial score (nSPS) is 26.0. The Morgan fingerprint density at radius 2 is 2.04 bits per heavy atom. The Morgan fingerprint density at radius 1 is 1.33 bits per heavy atom. The average molecular weight is 332 g/mol. The summed E-state index contributed by atoms with van der Waals surface area (Å²) in [6, 6.07) is 1.63. The van der Waals surface area contributed by atoms with Gasteiger partial charge in [-0.1, -0.05) is 0 Å². The molecule has 3 rings (SSSR count). The molecule has 2 saturated heterocycles. The quantitative estimate of drug-likeness (QED) is 0.861. The number of nitrogens with zero attached hydrogens (tertiary/aromatic N) is 4. The second kappa shape index (κ2) is 6.12. The first kappa shape index (κ1) is 16.8. The highest BCUT2D eigenvalue weighted by molar-refractivity contribution is 5.92. The largest absolute Gasteiger partial charge is 0.394 e. The molecule has 0 bridgehead atoms. The molecule has 2 amide bonds. The molecule has 0 saturated carbocycles. The molecule has 0 unspecified atom stereocenters. The highest BCUT2D eigenvalue weighted by Crippen LogP contribution is 2.48. The number of carbonyl (C=O) groups is 2. The molecule has 1 N–H and O–H groups in total. The van der Waals surface area contributed by atoms with E-state index in [9.17, 15) is 14.7 Å². The van der Waals surface area contributed by atoms with Crippen molar-refractivity contribution in [1.29, 1.82) is 0 Å². The van der Waals surface area contributed by atoms with Gasteiger partial charge < -0.3 is 14.9 Å². The van der Waals surface area contributed by atoms with E-state index in [2.05, 4.69) is 9.97 Å². The standard InChI is InChI=1S/C17H24N4O3/c1-13(23)21-10-17(9-16(21,2)11-22)4-7-20(8-5-17)15(24)14-3-6-18-12-19-14/h3,6,12,22H,4-5,7-11H2,1-2H3/t16-/m0/s1. The van der Waals surface area contributed by atoms with Crippen molar-refractivity contribution in [3.63, 3.8) is 0 Å². The van der Waals surface area contributed by atoms with Crippen molar-refractivity contribution >= 4 is 11.8 Å². The maximum absolute atomic E-state index is 12.5. The van der Waals surface area contributed by atoms with E-state index in [1.54, 1.807) is 24.1 Å². The summed E-state index contributed by atoms with van der Waals surface area (Å²) in [7, 11) is 0. The van der Waals surface area contributed by atoms with Crippen molar-refractivity contribution in [2.75, 3.05) is 26.2 Å². The minimum Gasteiger partial charge on any atom is -0.394 e. The van der Waals surface area contributed by atoms with Crippen molar-refractivity contribution in [3.05, 3.63) is 24.3 Å². The first-order valence-corrected chi connectivity index (χ1v) is 8.34. The van der Waals surface area contributed by atoms with E-state index in [1.807, 2.05) is 11.8 Å². The molecule has 1 aromatic rings. The number of aliphatic hydroxyl groups excluding tert-OH is 1. The van der Waals surface area contributed by atoms with E-state index in [0.29, 0.717) is 25.3 Å². The first-order chi connectivity index (χ1) is 11.4. The molecule has 7 nitrogen and oxygen atoms in total. The van der Waals surface area contributed by atoms with E-state index >= 15 is 0 Å². The van der Waals surface area contributed by atoms with Gasteiger partial charge in [0.1, 0.15) is 12.0 Å². The third-order valence-electron chi connectivity index (χ3n) is 5.53. The third kappa shape index (κ3) is 2.88. The minimum atomic E-state index is -0.495. The fraction of sp³-hybridized carbons (Fsp3) is 0.647. The Kier molecular flexibility index (Phi) is 4.29. The van der Waals surface area contributed by atoms with Crippen LogP contribution >= 0.6 is 0 Å². The molecule has 0 aromatic carbocycles. The minimum absolute atomic E-state index is 0.00270. The molecular weight excluding hydrogens is 308 g/mol. The zero-order valence-corrected chi connectivity index (χ0v) is 14.2. The van der Waals surface area contributed by atoms with Crippen LogP contribution in [0.4, 0.5) is 0 Å². The van der Waals surface area contributed by atoms with Gasteiger partial charge in [-0.3, -0.25) is 9.59 Å². The summed E-state index contributed by atoms with van der Waals surface area (Å²) >= 11 is 0. The molecule has 2 aliphatic rings. The van der Waals surface area contributed by atoms with Crippen molar-refractivity contribution in [2.24, 2.45) is 5.41 Å². The topological polar surface area (TPSA) is 86.6 Å². The van der Waals surface area contributed by atoms with Gasteiger partial charge >= 0.3 is 0 Å². The highest BCUT2D eigenvalue weighted by Gasteiger charge is 2.52. The van der Waals surface area contributed by atoms with Gasteiger partial charge in [-0.05, 0) is 37.7 Å². The summed E-state index contributed by atoms with van der Waals surface area (Å²) in [5.41, 5.74) is -0.0890. The lowest BCUT2D eigenvalue weighted by atomic mass is 9.74. The predicted molar refractivity (Wildman–Crippen MR) is 87.1 cm³/mol. The Hall–Kier alpha value is -2.02. The van der Waals surface area contributed by atoms with Gasteiger partial charge in [-0.25, -0.2) is 9.97 Å². The molecule has 130 valence electrons. The zero-order chi connectivity index (χ0) is 17.4. The van der Waals surface area contributed by atoms with Crippen LogP contribution in [0.25, 0.3) is 0 Å². The lowest BCUT2D eigenvalue weighted by molar-refractivity contribution is -0.134. The van der Waals surface area contributed by atoms with Gasteiger partial charge in [0.25, 0.3) is 5.91 Å². The number of aromatic nitrogens is 2. The number of likely N-dealkylation sites (tertiary alicyclic amines) is 2. The number of piperidine rings is 1. The fourth-order valence-corrected chi connectivity index (χ4v) is 4.22. The van der Waals surface area contributed by atoms with Crippen molar-refractivity contribution in [3.8, 4) is 0 Å². The summed E-state index contributed by atoms with van der Waals surface area (Å²) in [4.78, 5) is 35.9. The number of amides is 2. The van der Waals surface area contributed by atoms with E-state index in [1.165, 1.54) is 6.33 Å². The molecule has 7 heteroatoms. The first-order valence-electron chi connectivity index (χ1n) is 8.34. The molecule has 2 aliphatic heterocycles. The second-order valence-corrected chi connectivity index (χ2v) is 7.32. The van der Waals surface area contributed by atoms with E-state index in [-0.39, 0.29) is 23.8 Å². The fourth-order valence-electron chi connectivity index (χ4n) is 4.22. The second-order valence-electron chi connectivity index (χ2n) is 7.32. The molecule has 1 atom stereocenters. The van der Waals surface area contributed by atoms with Crippen LogP contribution in [0.3, 0.4) is 0 Å². The van der Waals surface area contributed by atoms with Crippen molar-refractivity contribution < 1.29 is 14.7 Å². The van der Waals surface area contributed by atoms with Gasteiger partial charge in [0, 0.05) is 32.8 Å². The van der Waals surface area contributed by atoms with Crippen LogP contribution in [-0.2, 0) is 4.79 Å². The number of hydrogen-bond acceptors (Lipinski definition) is 5. The van der Waals surface area contributed by atoms with Crippen LogP contribution in [0.2, 0.25) is 0 Å². The summed E-state index contributed by atoms with van der Waals surface area (Å²) in [5, 5.41) is 9.77. The van der Waals surface area contributed by atoms with Gasteiger partial charge in [0.2, 0.25) is 5.91 Å². The lowest BCUT2D eigenvalue weighted by Gasteiger charge is -2.39. The summed E-state index contributed by atoms with van der Waals surface area (Å²) < 4.78 is 0. The third-order valence-corrected chi connectivity index (χ3v) is 5.53. The maximum Gasteiger partial charge on any atom is 0.272 e. The zero-order valence-electron chi connectivity index (χ0n) is 14.2.